The average Bonchev–Trinajstić information content (AvgIpc) is 3.56. The first-order valence-electron chi connectivity index (χ1n) is 9.91. The third-order valence-corrected chi connectivity index (χ3v) is 6.67. The summed E-state index contributed by atoms with van der Waals surface area (Å²) in [6.45, 7) is 2.15. The fourth-order valence-electron chi connectivity index (χ4n) is 3.08. The maximum absolute atomic E-state index is 12.8. The molecule has 0 saturated heterocycles. The molecule has 11 heteroatoms. The number of hydrogen-bond acceptors (Lipinski definition) is 8. The Kier molecular flexibility index (Phi) is 6.80. The van der Waals surface area contributed by atoms with Crippen LogP contribution in [0, 0.1) is 0 Å². The van der Waals surface area contributed by atoms with E-state index in [2.05, 4.69) is 15.5 Å². The molecule has 170 valence electrons. The summed E-state index contributed by atoms with van der Waals surface area (Å²) in [6, 6.07) is 12.8. The Labute approximate surface area is 198 Å². The van der Waals surface area contributed by atoms with Crippen LogP contribution in [0.1, 0.15) is 23.0 Å². The molecule has 0 fully saturated rings. The summed E-state index contributed by atoms with van der Waals surface area (Å²) < 4.78 is 12.7. The van der Waals surface area contributed by atoms with Gasteiger partial charge in [-0.3, -0.25) is 14.2 Å². The molecule has 2 amide bonds. The van der Waals surface area contributed by atoms with Crippen molar-refractivity contribution >= 4 is 39.9 Å². The lowest BCUT2D eigenvalue weighted by molar-refractivity contribution is -0.115. The van der Waals surface area contributed by atoms with Gasteiger partial charge in [-0.05, 0) is 42.6 Å². The molecule has 4 aromatic rings. The number of nitrogens with two attached hydrogens (primary N) is 1. The predicted molar refractivity (Wildman–Crippen MR) is 127 cm³/mol. The molecular weight excluding hydrogens is 462 g/mol. The van der Waals surface area contributed by atoms with E-state index in [1.807, 2.05) is 41.0 Å². The standard InChI is InChI=1S/C22H21N5O4S2/c1-13(20(29)24-21-17(18(23)28)8-10-32-21)33-22-26-25-19(14-5-3-6-15(11-14)30-2)27(22)12-16-7-4-9-31-16/h3-11,13H,12H2,1-2H3,(H2,23,28)(H,24,29). The zero-order chi connectivity index (χ0) is 23.4. The van der Waals surface area contributed by atoms with Gasteiger partial charge < -0.3 is 20.2 Å². The molecule has 1 unspecified atom stereocenters. The van der Waals surface area contributed by atoms with Crippen LogP contribution < -0.4 is 15.8 Å². The van der Waals surface area contributed by atoms with Crippen LogP contribution in [0.5, 0.6) is 5.75 Å². The molecule has 33 heavy (non-hydrogen) atoms. The monoisotopic (exact) mass is 483 g/mol. The number of nitrogens with zero attached hydrogens (tertiary/aromatic N) is 3. The number of aromatic nitrogens is 3. The fourth-order valence-corrected chi connectivity index (χ4v) is 4.72. The molecule has 0 saturated carbocycles. The molecule has 4 rings (SSSR count). The minimum absolute atomic E-state index is 0.277. The number of ether oxygens (including phenoxy) is 1. The van der Waals surface area contributed by atoms with Crippen molar-refractivity contribution in [1.29, 1.82) is 0 Å². The number of benzene rings is 1. The average molecular weight is 484 g/mol. The van der Waals surface area contributed by atoms with Gasteiger partial charge in [-0.25, -0.2) is 0 Å². The first-order valence-corrected chi connectivity index (χ1v) is 11.7. The second-order valence-electron chi connectivity index (χ2n) is 6.98. The van der Waals surface area contributed by atoms with Gasteiger partial charge in [0.2, 0.25) is 5.91 Å². The van der Waals surface area contributed by atoms with Crippen molar-refractivity contribution in [2.45, 2.75) is 23.9 Å². The van der Waals surface area contributed by atoms with Crippen LogP contribution in [0.3, 0.4) is 0 Å². The highest BCUT2D eigenvalue weighted by molar-refractivity contribution is 8.00. The lowest BCUT2D eigenvalue weighted by atomic mass is 10.2. The summed E-state index contributed by atoms with van der Waals surface area (Å²) in [5, 5.41) is 13.6. The summed E-state index contributed by atoms with van der Waals surface area (Å²) in [4.78, 5) is 24.3. The second kappa shape index (κ2) is 9.92. The molecule has 0 radical (unpaired) electrons. The summed E-state index contributed by atoms with van der Waals surface area (Å²) in [7, 11) is 1.60. The molecule has 3 heterocycles. The quantitative estimate of drug-likeness (QED) is 0.346. The predicted octanol–water partition coefficient (Wildman–Crippen LogP) is 3.87. The number of amides is 2. The van der Waals surface area contributed by atoms with Gasteiger partial charge in [0.15, 0.2) is 11.0 Å². The van der Waals surface area contributed by atoms with Crippen LogP contribution in [-0.2, 0) is 11.3 Å². The van der Waals surface area contributed by atoms with Gasteiger partial charge in [-0.15, -0.1) is 21.5 Å². The minimum Gasteiger partial charge on any atom is -0.497 e. The summed E-state index contributed by atoms with van der Waals surface area (Å²) >= 11 is 2.50. The molecule has 0 spiro atoms. The number of furan rings is 1. The van der Waals surface area contributed by atoms with Crippen LogP contribution >= 0.6 is 23.1 Å². The number of thioether (sulfide) groups is 1. The number of nitrogens with one attached hydrogen (secondary N) is 1. The summed E-state index contributed by atoms with van der Waals surface area (Å²) in [5.74, 6) is 1.17. The molecule has 1 aromatic carbocycles. The zero-order valence-electron chi connectivity index (χ0n) is 17.8. The van der Waals surface area contributed by atoms with Crippen molar-refractivity contribution in [3.8, 4) is 17.1 Å². The Balaban J connectivity index is 1.60. The Morgan fingerprint density at radius 3 is 2.85 bits per heavy atom. The molecule has 3 aromatic heterocycles. The lowest BCUT2D eigenvalue weighted by Gasteiger charge is -2.13. The molecule has 0 aliphatic carbocycles. The highest BCUT2D eigenvalue weighted by Crippen LogP contribution is 2.30. The molecule has 0 aliphatic heterocycles. The number of thiophene rings is 1. The molecular formula is C22H21N5O4S2. The van der Waals surface area contributed by atoms with Crippen LogP contribution in [0.25, 0.3) is 11.4 Å². The van der Waals surface area contributed by atoms with E-state index in [0.29, 0.717) is 28.3 Å². The number of hydrogen-bond donors (Lipinski definition) is 2. The van der Waals surface area contributed by atoms with Crippen molar-refractivity contribution < 1.29 is 18.7 Å². The number of methoxy groups -OCH3 is 1. The summed E-state index contributed by atoms with van der Waals surface area (Å²) in [5.41, 5.74) is 6.47. The third-order valence-electron chi connectivity index (χ3n) is 4.76. The molecule has 1 atom stereocenters. The lowest BCUT2D eigenvalue weighted by Crippen LogP contribution is -2.24. The maximum Gasteiger partial charge on any atom is 0.251 e. The van der Waals surface area contributed by atoms with Gasteiger partial charge in [-0.2, -0.15) is 0 Å². The first kappa shape index (κ1) is 22.6. The summed E-state index contributed by atoms with van der Waals surface area (Å²) in [6.07, 6.45) is 1.60. The molecule has 0 bridgehead atoms. The van der Waals surface area contributed by atoms with E-state index in [0.717, 1.165) is 11.3 Å². The van der Waals surface area contributed by atoms with Gasteiger partial charge in [-0.1, -0.05) is 23.9 Å². The van der Waals surface area contributed by atoms with Crippen LogP contribution in [-0.4, -0.2) is 38.9 Å². The highest BCUT2D eigenvalue weighted by Gasteiger charge is 2.23. The number of primary amides is 1. The van der Waals surface area contributed by atoms with E-state index in [4.69, 9.17) is 14.9 Å². The smallest absolute Gasteiger partial charge is 0.251 e. The Hall–Kier alpha value is -3.57. The Morgan fingerprint density at radius 1 is 1.27 bits per heavy atom. The number of anilines is 1. The van der Waals surface area contributed by atoms with Gasteiger partial charge in [0.25, 0.3) is 5.91 Å². The van der Waals surface area contributed by atoms with Crippen molar-refractivity contribution in [1.82, 2.24) is 14.8 Å². The SMILES string of the molecule is COc1cccc(-c2nnc(SC(C)C(=O)Nc3sccc3C(N)=O)n2Cc2ccco2)c1. The van der Waals surface area contributed by atoms with E-state index in [9.17, 15) is 9.59 Å². The second-order valence-corrected chi connectivity index (χ2v) is 9.20. The molecule has 0 aliphatic rings. The van der Waals surface area contributed by atoms with Crippen LogP contribution in [0.2, 0.25) is 0 Å². The number of carbonyl (C=O) groups is 2. The minimum atomic E-state index is -0.590. The fraction of sp³-hybridized carbons (Fsp3) is 0.182. The van der Waals surface area contributed by atoms with Crippen LogP contribution in [0.15, 0.2) is 63.7 Å². The Bertz CT molecular complexity index is 1270. The first-order chi connectivity index (χ1) is 16.0. The Morgan fingerprint density at radius 2 is 2.12 bits per heavy atom. The largest absolute Gasteiger partial charge is 0.497 e. The van der Waals surface area contributed by atoms with Gasteiger partial charge >= 0.3 is 0 Å². The van der Waals surface area contributed by atoms with Crippen molar-refractivity contribution in [2.75, 3.05) is 12.4 Å². The normalized spacial score (nSPS) is 11.8. The van der Waals surface area contributed by atoms with E-state index >= 15 is 0 Å². The van der Waals surface area contributed by atoms with E-state index < -0.39 is 11.2 Å². The molecule has 9 nitrogen and oxygen atoms in total. The van der Waals surface area contributed by atoms with Crippen molar-refractivity contribution in [3.63, 3.8) is 0 Å². The topological polar surface area (TPSA) is 125 Å². The van der Waals surface area contributed by atoms with Gasteiger partial charge in [0.1, 0.15) is 16.5 Å². The van der Waals surface area contributed by atoms with E-state index in [1.165, 1.54) is 23.1 Å². The van der Waals surface area contributed by atoms with E-state index in [-0.39, 0.29) is 11.5 Å². The highest BCUT2D eigenvalue weighted by atomic mass is 32.2. The van der Waals surface area contributed by atoms with Crippen molar-refractivity contribution in [3.05, 3.63) is 65.4 Å². The third kappa shape index (κ3) is 5.10. The number of rotatable bonds is 9. The van der Waals surface area contributed by atoms with Crippen molar-refractivity contribution in [2.24, 2.45) is 5.73 Å². The van der Waals surface area contributed by atoms with E-state index in [1.54, 1.807) is 31.7 Å². The zero-order valence-corrected chi connectivity index (χ0v) is 19.5. The van der Waals surface area contributed by atoms with Crippen LogP contribution in [0.4, 0.5) is 5.00 Å². The maximum atomic E-state index is 12.8. The van der Waals surface area contributed by atoms with Gasteiger partial charge in [0.05, 0.1) is 30.7 Å². The number of carbonyl (C=O) groups excluding carboxylic acids is 2. The molecule has 3 N–H and O–H groups in total. The van der Waals surface area contributed by atoms with Gasteiger partial charge in [0, 0.05) is 5.56 Å².